The molecule has 3 aromatic heterocycles. The predicted octanol–water partition coefficient (Wildman–Crippen LogP) is 3.71. The van der Waals surface area contributed by atoms with Crippen molar-refractivity contribution in [3.63, 3.8) is 0 Å². The van der Waals surface area contributed by atoms with Crippen LogP contribution in [0.5, 0.6) is 6.01 Å². The van der Waals surface area contributed by atoms with E-state index in [1.54, 1.807) is 0 Å². The van der Waals surface area contributed by atoms with Crippen LogP contribution in [0.3, 0.4) is 0 Å². The van der Waals surface area contributed by atoms with Gasteiger partial charge in [0.05, 0.1) is 47.4 Å². The lowest BCUT2D eigenvalue weighted by atomic mass is 9.93. The Morgan fingerprint density at radius 1 is 1.18 bits per heavy atom. The Bertz CT molecular complexity index is 1880. The summed E-state index contributed by atoms with van der Waals surface area (Å²) in [5, 5.41) is 14.4. The van der Waals surface area contributed by atoms with E-state index in [0.717, 1.165) is 55.6 Å². The molecule has 3 unspecified atom stereocenters. The number of anilines is 2. The van der Waals surface area contributed by atoms with Crippen molar-refractivity contribution >= 4 is 43.1 Å². The monoisotopic (exact) mass is 634 g/mol. The zero-order valence-electron chi connectivity index (χ0n) is 24.9. The van der Waals surface area contributed by atoms with E-state index in [4.69, 9.17) is 29.9 Å². The maximum Gasteiger partial charge on any atom is 0.319 e. The molecular formula is C31H32F2N8O3S. The van der Waals surface area contributed by atoms with Crippen molar-refractivity contribution < 1.29 is 23.0 Å². The SMILES string of the molecule is CC(Oc1nc(N2C3CCC2CNC3)c2c3c(c(-c4ncc(F)c5sc(N)c(C#N)c45)c(F)c2n1)COC3)[C@H]1CN(C)CCO1. The zero-order chi connectivity index (χ0) is 31.0. The third-order valence-electron chi connectivity index (χ3n) is 9.54. The summed E-state index contributed by atoms with van der Waals surface area (Å²) in [6.45, 7) is 5.95. The number of hydrogen-bond donors (Lipinski definition) is 2. The van der Waals surface area contributed by atoms with E-state index in [0.29, 0.717) is 29.9 Å². The fourth-order valence-corrected chi connectivity index (χ4v) is 8.25. The van der Waals surface area contributed by atoms with Gasteiger partial charge in [0.25, 0.3) is 0 Å². The highest BCUT2D eigenvalue weighted by molar-refractivity contribution is 7.23. The highest BCUT2D eigenvalue weighted by atomic mass is 32.1. The minimum absolute atomic E-state index is 0.0539. The lowest BCUT2D eigenvalue weighted by Gasteiger charge is -2.37. The van der Waals surface area contributed by atoms with Gasteiger partial charge in [0.15, 0.2) is 11.6 Å². The molecule has 4 atom stereocenters. The van der Waals surface area contributed by atoms with Crippen molar-refractivity contribution in [3.8, 4) is 23.3 Å². The molecule has 4 aromatic rings. The Morgan fingerprint density at radius 3 is 2.71 bits per heavy atom. The molecule has 0 radical (unpaired) electrons. The van der Waals surface area contributed by atoms with Crippen molar-refractivity contribution in [2.45, 2.75) is 57.3 Å². The number of fused-ring (bicyclic) bond motifs is 6. The van der Waals surface area contributed by atoms with Gasteiger partial charge in [-0.25, -0.2) is 8.78 Å². The number of pyridine rings is 1. The molecule has 14 heteroatoms. The number of piperazine rings is 1. The Morgan fingerprint density at radius 2 is 1.96 bits per heavy atom. The maximum absolute atomic E-state index is 17.3. The van der Waals surface area contributed by atoms with Crippen LogP contribution in [0, 0.1) is 23.0 Å². The second-order valence-corrected chi connectivity index (χ2v) is 13.3. The standard InChI is InChI=1S/C31H32F2N8O3S/c1-14(21-11-40(2)5-6-43-21)44-31-38-27-24(30(39-31)41-15-3-4-16(41)9-36-8-15)19-13-42-12-18(19)22(25(27)33)26-23-17(7-34)29(35)45-28(23)20(32)10-37-26/h10,14-16,21,36H,3-6,8-9,11-13,35H2,1-2H3/t14?,15?,16?,21-/m1/s1. The smallest absolute Gasteiger partial charge is 0.319 e. The lowest BCUT2D eigenvalue weighted by molar-refractivity contribution is -0.0708. The fourth-order valence-electron chi connectivity index (χ4n) is 7.33. The predicted molar refractivity (Wildman–Crippen MR) is 165 cm³/mol. The van der Waals surface area contributed by atoms with Gasteiger partial charge >= 0.3 is 6.01 Å². The molecule has 7 heterocycles. The van der Waals surface area contributed by atoms with E-state index in [1.165, 1.54) is 0 Å². The van der Waals surface area contributed by atoms with Crippen molar-refractivity contribution in [1.29, 1.82) is 5.26 Å². The molecule has 0 amide bonds. The summed E-state index contributed by atoms with van der Waals surface area (Å²) in [6.07, 6.45) is 2.42. The molecule has 0 aliphatic carbocycles. The molecule has 1 aromatic carbocycles. The first-order valence-corrected chi connectivity index (χ1v) is 16.0. The van der Waals surface area contributed by atoms with Gasteiger partial charge in [-0.2, -0.15) is 15.2 Å². The van der Waals surface area contributed by atoms with Gasteiger partial charge in [-0.1, -0.05) is 0 Å². The molecule has 0 spiro atoms. The van der Waals surface area contributed by atoms with Crippen LogP contribution in [0.2, 0.25) is 0 Å². The van der Waals surface area contributed by atoms with Gasteiger partial charge < -0.3 is 35.1 Å². The first kappa shape index (κ1) is 28.7. The van der Waals surface area contributed by atoms with Crippen LogP contribution in [0.25, 0.3) is 32.2 Å². The van der Waals surface area contributed by atoms with Crippen molar-refractivity contribution in [1.82, 2.24) is 25.2 Å². The molecule has 0 saturated carbocycles. The number of nitrogen functional groups attached to an aromatic ring is 1. The summed E-state index contributed by atoms with van der Waals surface area (Å²) in [4.78, 5) is 18.5. The summed E-state index contributed by atoms with van der Waals surface area (Å²) < 4.78 is 50.6. The molecule has 45 heavy (non-hydrogen) atoms. The Hall–Kier alpha value is -3.74. The number of morpholine rings is 1. The highest BCUT2D eigenvalue weighted by Gasteiger charge is 2.41. The van der Waals surface area contributed by atoms with Crippen LogP contribution in [-0.4, -0.2) is 84.0 Å². The number of nitrogens with one attached hydrogen (secondary N) is 1. The molecule has 2 bridgehead atoms. The van der Waals surface area contributed by atoms with Crippen LogP contribution in [0.4, 0.5) is 19.6 Å². The number of rotatable bonds is 5. The van der Waals surface area contributed by atoms with Crippen molar-refractivity contribution in [2.75, 3.05) is 50.5 Å². The quantitative estimate of drug-likeness (QED) is 0.333. The van der Waals surface area contributed by atoms with Gasteiger partial charge in [0.1, 0.15) is 34.6 Å². The summed E-state index contributed by atoms with van der Waals surface area (Å²) in [6, 6.07) is 2.50. The second kappa shape index (κ2) is 11.0. The van der Waals surface area contributed by atoms with E-state index in [9.17, 15) is 9.65 Å². The van der Waals surface area contributed by atoms with Gasteiger partial charge in [-0.05, 0) is 37.9 Å². The summed E-state index contributed by atoms with van der Waals surface area (Å²) in [7, 11) is 2.03. The average molecular weight is 635 g/mol. The Balaban J connectivity index is 1.37. The minimum atomic E-state index is -0.652. The Labute approximate surface area is 261 Å². The number of benzene rings is 1. The molecule has 8 rings (SSSR count). The number of nitrogens with zero attached hydrogens (tertiary/aromatic N) is 6. The lowest BCUT2D eigenvalue weighted by Crippen LogP contribution is -2.52. The van der Waals surface area contributed by atoms with Crippen molar-refractivity contribution in [3.05, 3.63) is 34.5 Å². The number of halogens is 2. The highest BCUT2D eigenvalue weighted by Crippen LogP contribution is 2.47. The molecule has 4 aliphatic rings. The van der Waals surface area contributed by atoms with Gasteiger partial charge in [-0.3, -0.25) is 4.98 Å². The van der Waals surface area contributed by atoms with E-state index in [-0.39, 0.29) is 74.8 Å². The number of nitrogens with two attached hydrogens (primary N) is 1. The molecular weight excluding hydrogens is 602 g/mol. The summed E-state index contributed by atoms with van der Waals surface area (Å²) in [5.74, 6) is -0.652. The number of ether oxygens (including phenoxy) is 3. The van der Waals surface area contributed by atoms with Crippen LogP contribution in [-0.2, 0) is 22.7 Å². The normalized spacial score (nSPS) is 23.9. The van der Waals surface area contributed by atoms with Crippen LogP contribution in [0.1, 0.15) is 36.5 Å². The summed E-state index contributed by atoms with van der Waals surface area (Å²) in [5.41, 5.74) is 7.85. The molecule has 3 saturated heterocycles. The summed E-state index contributed by atoms with van der Waals surface area (Å²) >= 11 is 0.946. The van der Waals surface area contributed by atoms with Gasteiger partial charge in [-0.15, -0.1) is 11.3 Å². The third kappa shape index (κ3) is 4.51. The molecule has 234 valence electrons. The van der Waals surface area contributed by atoms with Gasteiger partial charge in [0.2, 0.25) is 0 Å². The molecule has 11 nitrogen and oxygen atoms in total. The molecule has 3 fully saturated rings. The minimum Gasteiger partial charge on any atom is -0.458 e. The first-order valence-electron chi connectivity index (χ1n) is 15.2. The van der Waals surface area contributed by atoms with Crippen LogP contribution in [0.15, 0.2) is 6.20 Å². The number of nitriles is 1. The molecule has 3 N–H and O–H groups in total. The van der Waals surface area contributed by atoms with Crippen LogP contribution >= 0.6 is 11.3 Å². The fraction of sp³-hybridized carbons (Fsp3) is 0.484. The first-order chi connectivity index (χ1) is 21.8. The Kier molecular flexibility index (Phi) is 6.99. The average Bonchev–Trinajstić information content (AvgIpc) is 3.71. The second-order valence-electron chi connectivity index (χ2n) is 12.2. The largest absolute Gasteiger partial charge is 0.458 e. The van der Waals surface area contributed by atoms with Crippen molar-refractivity contribution in [2.24, 2.45) is 0 Å². The topological polar surface area (TPSA) is 135 Å². The third-order valence-corrected chi connectivity index (χ3v) is 10.6. The van der Waals surface area contributed by atoms with E-state index in [1.807, 2.05) is 14.0 Å². The van der Waals surface area contributed by atoms with Crippen LogP contribution < -0.4 is 20.7 Å². The van der Waals surface area contributed by atoms with E-state index in [2.05, 4.69) is 26.2 Å². The van der Waals surface area contributed by atoms with E-state index < -0.39 is 17.7 Å². The maximum atomic E-state index is 17.3. The zero-order valence-corrected chi connectivity index (χ0v) is 25.7. The van der Waals surface area contributed by atoms with E-state index >= 15 is 4.39 Å². The number of likely N-dealkylation sites (N-methyl/N-ethyl adjacent to an activating group) is 1. The number of aromatic nitrogens is 3. The number of thiophene rings is 1. The number of hydrogen-bond acceptors (Lipinski definition) is 12. The molecule has 4 aliphatic heterocycles. The van der Waals surface area contributed by atoms with Gasteiger partial charge in [0, 0.05) is 49.2 Å².